The first-order valence-electron chi connectivity index (χ1n) is 9.43. The molecule has 0 bridgehead atoms. The van der Waals surface area contributed by atoms with Crippen LogP contribution in [0.4, 0.5) is 0 Å². The number of carboxylic acids is 1. The fourth-order valence-electron chi connectivity index (χ4n) is 3.75. The Hall–Kier alpha value is -1.93. The smallest absolute Gasteiger partial charge is 0.306 e. The molecule has 8 heteroatoms. The zero-order chi connectivity index (χ0) is 19.6. The zero-order valence-corrected chi connectivity index (χ0v) is 16.4. The second kappa shape index (κ2) is 7.98. The van der Waals surface area contributed by atoms with E-state index in [1.54, 1.807) is 24.0 Å². The summed E-state index contributed by atoms with van der Waals surface area (Å²) in [5, 5.41) is 9.10. The predicted molar refractivity (Wildman–Crippen MR) is 100 cm³/mol. The minimum atomic E-state index is -3.60. The lowest BCUT2D eigenvalue weighted by molar-refractivity contribution is -0.143. The molecule has 1 aromatic rings. The number of sulfonamides is 1. The van der Waals surface area contributed by atoms with Gasteiger partial charge in [-0.3, -0.25) is 9.59 Å². The maximum absolute atomic E-state index is 12.9. The molecule has 0 spiro atoms. The van der Waals surface area contributed by atoms with E-state index in [1.165, 1.54) is 10.4 Å². The summed E-state index contributed by atoms with van der Waals surface area (Å²) < 4.78 is 27.3. The van der Waals surface area contributed by atoms with Crippen molar-refractivity contribution in [1.82, 2.24) is 9.21 Å². The van der Waals surface area contributed by atoms with Crippen LogP contribution in [0.3, 0.4) is 0 Å². The highest BCUT2D eigenvalue weighted by atomic mass is 32.2. The number of carbonyl (C=O) groups excluding carboxylic acids is 1. The summed E-state index contributed by atoms with van der Waals surface area (Å²) in [7, 11) is -3.60. The van der Waals surface area contributed by atoms with Gasteiger partial charge < -0.3 is 10.0 Å². The van der Waals surface area contributed by atoms with Gasteiger partial charge in [-0.15, -0.1) is 0 Å². The van der Waals surface area contributed by atoms with Gasteiger partial charge in [0.05, 0.1) is 10.8 Å². The van der Waals surface area contributed by atoms with Crippen LogP contribution in [0, 0.1) is 12.8 Å². The number of amides is 1. The van der Waals surface area contributed by atoms with Crippen molar-refractivity contribution in [2.75, 3.05) is 26.2 Å². The van der Waals surface area contributed by atoms with E-state index in [0.29, 0.717) is 44.6 Å². The minimum Gasteiger partial charge on any atom is -0.481 e. The summed E-state index contributed by atoms with van der Waals surface area (Å²) >= 11 is 0. The Morgan fingerprint density at radius 1 is 1.04 bits per heavy atom. The van der Waals surface area contributed by atoms with Crippen molar-refractivity contribution in [2.45, 2.75) is 43.9 Å². The van der Waals surface area contributed by atoms with Gasteiger partial charge in [0.1, 0.15) is 0 Å². The minimum absolute atomic E-state index is 0.152. The third kappa shape index (κ3) is 4.16. The molecule has 2 aliphatic heterocycles. The van der Waals surface area contributed by atoms with Gasteiger partial charge in [0.25, 0.3) is 5.91 Å². The fraction of sp³-hybridized carbons (Fsp3) is 0.579. The molecule has 2 heterocycles. The monoisotopic (exact) mass is 394 g/mol. The van der Waals surface area contributed by atoms with Crippen LogP contribution in [0.1, 0.15) is 48.0 Å². The van der Waals surface area contributed by atoms with Crippen molar-refractivity contribution in [3.63, 3.8) is 0 Å². The lowest BCUT2D eigenvalue weighted by Gasteiger charge is -2.31. The lowest BCUT2D eigenvalue weighted by atomic mass is 9.96. The number of aliphatic carboxylic acids is 1. The van der Waals surface area contributed by atoms with E-state index in [2.05, 4.69) is 0 Å². The number of rotatable bonds is 4. The largest absolute Gasteiger partial charge is 0.481 e. The lowest BCUT2D eigenvalue weighted by Crippen LogP contribution is -2.40. The molecule has 0 aliphatic carbocycles. The summed E-state index contributed by atoms with van der Waals surface area (Å²) in [6.45, 7) is 3.57. The number of carbonyl (C=O) groups is 2. The summed E-state index contributed by atoms with van der Waals surface area (Å²) in [6, 6.07) is 4.71. The van der Waals surface area contributed by atoms with Crippen molar-refractivity contribution < 1.29 is 23.1 Å². The predicted octanol–water partition coefficient (Wildman–Crippen LogP) is 2.11. The number of likely N-dealkylation sites (tertiary alicyclic amines) is 1. The first kappa shape index (κ1) is 19.8. The van der Waals surface area contributed by atoms with Crippen molar-refractivity contribution in [3.8, 4) is 0 Å². The molecule has 0 atom stereocenters. The third-order valence-corrected chi connectivity index (χ3v) is 7.42. The number of aryl methyl sites for hydroxylation is 1. The van der Waals surface area contributed by atoms with Crippen LogP contribution in [0.25, 0.3) is 0 Å². The normalized spacial score (nSPS) is 19.8. The first-order valence-corrected chi connectivity index (χ1v) is 10.9. The third-order valence-electron chi connectivity index (χ3n) is 5.52. The zero-order valence-electron chi connectivity index (χ0n) is 15.6. The van der Waals surface area contributed by atoms with E-state index in [4.69, 9.17) is 5.11 Å². The van der Waals surface area contributed by atoms with Gasteiger partial charge in [-0.2, -0.15) is 4.31 Å². The first-order chi connectivity index (χ1) is 12.8. The van der Waals surface area contributed by atoms with Crippen molar-refractivity contribution in [2.24, 2.45) is 5.92 Å². The highest BCUT2D eigenvalue weighted by molar-refractivity contribution is 7.89. The number of hydrogen-bond acceptors (Lipinski definition) is 4. The van der Waals surface area contributed by atoms with Crippen LogP contribution in [0.5, 0.6) is 0 Å². The maximum atomic E-state index is 12.9. The molecule has 0 saturated carbocycles. The average Bonchev–Trinajstić information content (AvgIpc) is 2.68. The van der Waals surface area contributed by atoms with Crippen LogP contribution in [0.15, 0.2) is 23.1 Å². The molecule has 0 radical (unpaired) electrons. The molecule has 148 valence electrons. The molecule has 1 aromatic carbocycles. The quantitative estimate of drug-likeness (QED) is 0.844. The number of piperidine rings is 2. The van der Waals surface area contributed by atoms with Crippen molar-refractivity contribution >= 4 is 21.9 Å². The Morgan fingerprint density at radius 2 is 1.67 bits per heavy atom. The van der Waals surface area contributed by atoms with E-state index in [1.807, 2.05) is 0 Å². The maximum Gasteiger partial charge on any atom is 0.306 e. The Balaban J connectivity index is 1.81. The van der Waals surface area contributed by atoms with Crippen LogP contribution >= 0.6 is 0 Å². The summed E-state index contributed by atoms with van der Waals surface area (Å²) in [4.78, 5) is 25.8. The van der Waals surface area contributed by atoms with Crippen molar-refractivity contribution in [3.05, 3.63) is 29.3 Å². The van der Waals surface area contributed by atoms with Gasteiger partial charge in [0.2, 0.25) is 10.0 Å². The Kier molecular flexibility index (Phi) is 5.86. The van der Waals surface area contributed by atoms with Crippen LogP contribution in [-0.2, 0) is 14.8 Å². The second-order valence-corrected chi connectivity index (χ2v) is 9.28. The van der Waals surface area contributed by atoms with E-state index < -0.39 is 21.9 Å². The molecule has 0 unspecified atom stereocenters. The van der Waals surface area contributed by atoms with Gasteiger partial charge in [0.15, 0.2) is 0 Å². The standard InChI is InChI=1S/C19H26N2O5S/c1-14-5-6-16(27(25,26)21-9-3-2-4-10-21)13-17(14)18(22)20-11-7-15(8-12-20)19(23)24/h5-6,13,15H,2-4,7-12H2,1H3,(H,23,24). The molecule has 2 fully saturated rings. The summed E-state index contributed by atoms with van der Waals surface area (Å²) in [5.41, 5.74) is 1.10. The number of hydrogen-bond donors (Lipinski definition) is 1. The molecule has 1 N–H and O–H groups in total. The molecular weight excluding hydrogens is 368 g/mol. The molecular formula is C19H26N2O5S. The van der Waals surface area contributed by atoms with E-state index in [-0.39, 0.29) is 10.8 Å². The molecule has 2 aliphatic rings. The highest BCUT2D eigenvalue weighted by Crippen LogP contribution is 2.25. The molecule has 2 saturated heterocycles. The van der Waals surface area contributed by atoms with Gasteiger partial charge in [-0.05, 0) is 50.3 Å². The fourth-order valence-corrected chi connectivity index (χ4v) is 5.29. The van der Waals surface area contributed by atoms with Gasteiger partial charge in [-0.25, -0.2) is 8.42 Å². The van der Waals surface area contributed by atoms with Crippen LogP contribution in [0.2, 0.25) is 0 Å². The average molecular weight is 394 g/mol. The molecule has 7 nitrogen and oxygen atoms in total. The Labute approximate surface area is 160 Å². The molecule has 27 heavy (non-hydrogen) atoms. The van der Waals surface area contributed by atoms with Gasteiger partial charge in [0, 0.05) is 31.7 Å². The van der Waals surface area contributed by atoms with E-state index >= 15 is 0 Å². The molecule has 0 aromatic heterocycles. The number of benzene rings is 1. The van der Waals surface area contributed by atoms with Crippen LogP contribution < -0.4 is 0 Å². The Bertz CT molecular complexity index is 823. The summed E-state index contributed by atoms with van der Waals surface area (Å²) in [6.07, 6.45) is 3.60. The summed E-state index contributed by atoms with van der Waals surface area (Å²) in [5.74, 6) is -1.47. The molecule has 3 rings (SSSR count). The van der Waals surface area contributed by atoms with Crippen molar-refractivity contribution in [1.29, 1.82) is 0 Å². The highest BCUT2D eigenvalue weighted by Gasteiger charge is 2.30. The second-order valence-electron chi connectivity index (χ2n) is 7.35. The Morgan fingerprint density at radius 3 is 2.26 bits per heavy atom. The van der Waals surface area contributed by atoms with Gasteiger partial charge >= 0.3 is 5.97 Å². The van der Waals surface area contributed by atoms with E-state index in [9.17, 15) is 18.0 Å². The molecule has 1 amide bonds. The number of carboxylic acid groups (broad SMARTS) is 1. The number of nitrogens with zero attached hydrogens (tertiary/aromatic N) is 2. The topological polar surface area (TPSA) is 95.0 Å². The van der Waals surface area contributed by atoms with E-state index in [0.717, 1.165) is 24.8 Å². The SMILES string of the molecule is Cc1ccc(S(=O)(=O)N2CCCCC2)cc1C(=O)N1CCC(C(=O)O)CC1. The van der Waals surface area contributed by atoms with Crippen LogP contribution in [-0.4, -0.2) is 60.8 Å². The van der Waals surface area contributed by atoms with Gasteiger partial charge in [-0.1, -0.05) is 12.5 Å².